The van der Waals surface area contributed by atoms with Gasteiger partial charge in [0.25, 0.3) is 0 Å². The lowest BCUT2D eigenvalue weighted by atomic mass is 10.1. The first kappa shape index (κ1) is 8.75. The van der Waals surface area contributed by atoms with Crippen molar-refractivity contribution in [3.63, 3.8) is 0 Å². The van der Waals surface area contributed by atoms with Gasteiger partial charge in [-0.15, -0.1) is 0 Å². The zero-order valence-corrected chi connectivity index (χ0v) is 7.95. The van der Waals surface area contributed by atoms with E-state index in [0.717, 1.165) is 23.2 Å². The number of aromatic amines is 1. The van der Waals surface area contributed by atoms with Crippen LogP contribution in [0.3, 0.4) is 0 Å². The Hall–Kier alpha value is -1.83. The number of carbonyl (C=O) groups excluding carboxylic acids is 1. The Balaban J connectivity index is 2.56. The number of benzene rings is 1. The lowest BCUT2D eigenvalue weighted by Crippen LogP contribution is -1.82. The van der Waals surface area contributed by atoms with E-state index in [1.54, 1.807) is 0 Å². The number of aromatic nitrogens is 1. The van der Waals surface area contributed by atoms with Crippen LogP contribution in [0.15, 0.2) is 36.4 Å². The Morgan fingerprint density at radius 1 is 1.21 bits per heavy atom. The van der Waals surface area contributed by atoms with E-state index in [1.807, 2.05) is 43.3 Å². The molecule has 0 radical (unpaired) electrons. The minimum absolute atomic E-state index is 0.716. The largest absolute Gasteiger partial charge is 0.358 e. The summed E-state index contributed by atoms with van der Waals surface area (Å²) < 4.78 is 0. The molecule has 0 unspecified atom stereocenters. The molecule has 0 bridgehead atoms. The number of aryl methyl sites for hydroxylation is 1. The molecule has 14 heavy (non-hydrogen) atoms. The maximum absolute atomic E-state index is 10.8. The molecule has 0 fully saturated rings. The summed E-state index contributed by atoms with van der Waals surface area (Å²) in [6.07, 6.45) is 0.881. The van der Waals surface area contributed by atoms with E-state index in [2.05, 4.69) is 4.98 Å². The molecule has 0 aliphatic heterocycles. The van der Waals surface area contributed by atoms with E-state index in [-0.39, 0.29) is 0 Å². The van der Waals surface area contributed by atoms with Gasteiger partial charge < -0.3 is 4.98 Å². The molecule has 0 atom stereocenters. The van der Waals surface area contributed by atoms with Crippen LogP contribution in [0.1, 0.15) is 16.1 Å². The topological polar surface area (TPSA) is 32.9 Å². The Labute approximate surface area is 82.6 Å². The van der Waals surface area contributed by atoms with Gasteiger partial charge in [-0.25, -0.2) is 0 Å². The van der Waals surface area contributed by atoms with Gasteiger partial charge in [0.1, 0.15) is 0 Å². The van der Waals surface area contributed by atoms with E-state index in [1.165, 1.54) is 0 Å². The molecule has 0 spiro atoms. The molecule has 70 valence electrons. The highest BCUT2D eigenvalue weighted by atomic mass is 16.1. The Morgan fingerprint density at radius 3 is 2.57 bits per heavy atom. The predicted molar refractivity (Wildman–Crippen MR) is 56.4 cm³/mol. The molecule has 0 aliphatic carbocycles. The monoisotopic (exact) mass is 185 g/mol. The molecular formula is C12H11NO. The van der Waals surface area contributed by atoms with Gasteiger partial charge in [-0.05, 0) is 18.6 Å². The highest BCUT2D eigenvalue weighted by Gasteiger charge is 2.06. The Bertz CT molecular complexity index is 443. The molecule has 0 amide bonds. The fourth-order valence-corrected chi connectivity index (χ4v) is 1.55. The van der Waals surface area contributed by atoms with Gasteiger partial charge >= 0.3 is 0 Å². The number of rotatable bonds is 2. The molecule has 1 N–H and O–H groups in total. The Morgan fingerprint density at radius 2 is 1.93 bits per heavy atom. The van der Waals surface area contributed by atoms with Gasteiger partial charge in [-0.2, -0.15) is 0 Å². The molecular weight excluding hydrogens is 174 g/mol. The molecule has 1 aromatic carbocycles. The van der Waals surface area contributed by atoms with Gasteiger partial charge in [-0.1, -0.05) is 30.3 Å². The van der Waals surface area contributed by atoms with Crippen molar-refractivity contribution in [2.45, 2.75) is 6.92 Å². The molecule has 0 saturated heterocycles. The SMILES string of the molecule is Cc1cc(C=O)c(-c2ccccc2)[nH]1. The third-order valence-corrected chi connectivity index (χ3v) is 2.17. The summed E-state index contributed by atoms with van der Waals surface area (Å²) in [5.41, 5.74) is 3.67. The summed E-state index contributed by atoms with van der Waals surface area (Å²) in [6.45, 7) is 1.94. The van der Waals surface area contributed by atoms with Crippen molar-refractivity contribution in [1.82, 2.24) is 4.98 Å². The van der Waals surface area contributed by atoms with Gasteiger partial charge in [0.2, 0.25) is 0 Å². The fraction of sp³-hybridized carbons (Fsp3) is 0.0833. The average Bonchev–Trinajstić information content (AvgIpc) is 2.61. The number of hydrogen-bond acceptors (Lipinski definition) is 1. The number of aldehydes is 1. The van der Waals surface area contributed by atoms with Gasteiger partial charge in [0, 0.05) is 11.3 Å². The third-order valence-electron chi connectivity index (χ3n) is 2.17. The van der Waals surface area contributed by atoms with Crippen LogP contribution in [-0.4, -0.2) is 11.3 Å². The van der Waals surface area contributed by atoms with E-state index in [0.29, 0.717) is 5.56 Å². The average molecular weight is 185 g/mol. The second-order valence-electron chi connectivity index (χ2n) is 3.27. The minimum Gasteiger partial charge on any atom is -0.358 e. The van der Waals surface area contributed by atoms with Crippen LogP contribution in [0.4, 0.5) is 0 Å². The molecule has 0 saturated carbocycles. The Kier molecular flexibility index (Phi) is 2.19. The van der Waals surface area contributed by atoms with Crippen molar-refractivity contribution in [3.8, 4) is 11.3 Å². The third kappa shape index (κ3) is 1.46. The normalized spacial score (nSPS) is 10.1. The number of nitrogens with one attached hydrogen (secondary N) is 1. The summed E-state index contributed by atoms with van der Waals surface area (Å²) in [5, 5.41) is 0. The highest BCUT2D eigenvalue weighted by molar-refractivity contribution is 5.86. The van der Waals surface area contributed by atoms with Crippen molar-refractivity contribution in [2.75, 3.05) is 0 Å². The number of carbonyl (C=O) groups is 1. The molecule has 2 rings (SSSR count). The first-order valence-corrected chi connectivity index (χ1v) is 4.51. The summed E-state index contributed by atoms with van der Waals surface area (Å²) in [4.78, 5) is 14.0. The smallest absolute Gasteiger partial charge is 0.152 e. The van der Waals surface area contributed by atoms with Crippen LogP contribution >= 0.6 is 0 Å². The lowest BCUT2D eigenvalue weighted by Gasteiger charge is -1.98. The van der Waals surface area contributed by atoms with Gasteiger partial charge in [-0.3, -0.25) is 4.79 Å². The van der Waals surface area contributed by atoms with Gasteiger partial charge in [0.05, 0.1) is 5.69 Å². The summed E-state index contributed by atoms with van der Waals surface area (Å²) in [7, 11) is 0. The molecule has 1 heterocycles. The van der Waals surface area contributed by atoms with Crippen molar-refractivity contribution >= 4 is 6.29 Å². The maximum Gasteiger partial charge on any atom is 0.152 e. The zero-order chi connectivity index (χ0) is 9.97. The van der Waals surface area contributed by atoms with Crippen LogP contribution in [-0.2, 0) is 0 Å². The predicted octanol–water partition coefficient (Wildman–Crippen LogP) is 2.80. The van der Waals surface area contributed by atoms with Crippen LogP contribution in [0.2, 0.25) is 0 Å². The van der Waals surface area contributed by atoms with Gasteiger partial charge in [0.15, 0.2) is 6.29 Å². The van der Waals surface area contributed by atoms with Crippen molar-refractivity contribution in [1.29, 1.82) is 0 Å². The van der Waals surface area contributed by atoms with Crippen LogP contribution in [0, 0.1) is 6.92 Å². The van der Waals surface area contributed by atoms with Crippen LogP contribution < -0.4 is 0 Å². The number of hydrogen-bond donors (Lipinski definition) is 1. The summed E-state index contributed by atoms with van der Waals surface area (Å²) in [5.74, 6) is 0. The fourth-order valence-electron chi connectivity index (χ4n) is 1.55. The second kappa shape index (κ2) is 3.50. The molecule has 1 aromatic heterocycles. The second-order valence-corrected chi connectivity index (χ2v) is 3.27. The maximum atomic E-state index is 10.8. The van der Waals surface area contributed by atoms with E-state index in [9.17, 15) is 4.79 Å². The molecule has 2 nitrogen and oxygen atoms in total. The number of H-pyrrole nitrogens is 1. The molecule has 2 aromatic rings. The summed E-state index contributed by atoms with van der Waals surface area (Å²) in [6, 6.07) is 11.7. The summed E-state index contributed by atoms with van der Waals surface area (Å²) >= 11 is 0. The van der Waals surface area contributed by atoms with Crippen LogP contribution in [0.5, 0.6) is 0 Å². The minimum atomic E-state index is 0.716. The van der Waals surface area contributed by atoms with Crippen LogP contribution in [0.25, 0.3) is 11.3 Å². The lowest BCUT2D eigenvalue weighted by molar-refractivity contribution is 0.112. The van der Waals surface area contributed by atoms with Crippen molar-refractivity contribution < 1.29 is 4.79 Å². The molecule has 2 heteroatoms. The zero-order valence-electron chi connectivity index (χ0n) is 7.95. The first-order valence-electron chi connectivity index (χ1n) is 4.51. The van der Waals surface area contributed by atoms with Crippen molar-refractivity contribution in [3.05, 3.63) is 47.7 Å². The molecule has 0 aliphatic rings. The van der Waals surface area contributed by atoms with E-state index < -0.39 is 0 Å². The van der Waals surface area contributed by atoms with E-state index in [4.69, 9.17) is 0 Å². The van der Waals surface area contributed by atoms with E-state index >= 15 is 0 Å². The highest BCUT2D eigenvalue weighted by Crippen LogP contribution is 2.21. The standard InChI is InChI=1S/C12H11NO/c1-9-7-11(8-14)12(13-9)10-5-3-2-4-6-10/h2-8,13H,1H3. The van der Waals surface area contributed by atoms with Crippen molar-refractivity contribution in [2.24, 2.45) is 0 Å². The quantitative estimate of drug-likeness (QED) is 0.717. The first-order chi connectivity index (χ1) is 6.81.